The summed E-state index contributed by atoms with van der Waals surface area (Å²) in [5, 5.41) is 3.57. The number of hydrogen-bond donors (Lipinski definition) is 1. The Balaban J connectivity index is 2.47. The fourth-order valence-electron chi connectivity index (χ4n) is 2.82. The molecular weight excluding hydrogens is 244 g/mol. The van der Waals surface area contributed by atoms with Crippen LogP contribution in [0.2, 0.25) is 0 Å². The first-order chi connectivity index (χ1) is 9.32. The van der Waals surface area contributed by atoms with Gasteiger partial charge in [0.2, 0.25) is 0 Å². The van der Waals surface area contributed by atoms with Crippen molar-refractivity contribution >= 4 is 0 Å². The molecule has 1 N–H and O–H groups in total. The quantitative estimate of drug-likeness (QED) is 0.671. The first-order valence-electron chi connectivity index (χ1n) is 7.92. The predicted octanol–water partition coefficient (Wildman–Crippen LogP) is 4.12. The second-order valence-corrected chi connectivity index (χ2v) is 6.67. The topological polar surface area (TPSA) is 15.3 Å². The largest absolute Gasteiger partial charge is 0.384 e. The van der Waals surface area contributed by atoms with Gasteiger partial charge in [0.1, 0.15) is 0 Å². The smallest absolute Gasteiger partial charge is 0.0457 e. The van der Waals surface area contributed by atoms with E-state index in [4.69, 9.17) is 0 Å². The second kappa shape index (κ2) is 7.12. The maximum absolute atomic E-state index is 4.13. The van der Waals surface area contributed by atoms with E-state index in [-0.39, 0.29) is 5.41 Å². The highest BCUT2D eigenvalue weighted by molar-refractivity contribution is 5.68. The van der Waals surface area contributed by atoms with E-state index in [0.717, 1.165) is 24.2 Å². The summed E-state index contributed by atoms with van der Waals surface area (Å²) in [6.07, 6.45) is 2.41. The van der Waals surface area contributed by atoms with Crippen molar-refractivity contribution < 1.29 is 0 Å². The van der Waals surface area contributed by atoms with Crippen molar-refractivity contribution in [2.45, 2.75) is 47.5 Å². The van der Waals surface area contributed by atoms with Crippen LogP contribution < -0.4 is 5.32 Å². The highest BCUT2D eigenvalue weighted by atomic mass is 15.1. The number of rotatable bonds is 8. The molecule has 0 fully saturated rings. The molecule has 20 heavy (non-hydrogen) atoms. The Labute approximate surface area is 125 Å². The molecule has 0 atom stereocenters. The highest BCUT2D eigenvalue weighted by Crippen LogP contribution is 2.45. The zero-order valence-electron chi connectivity index (χ0n) is 14.1. The number of allylic oxidation sites excluding steroid dienone is 2. The van der Waals surface area contributed by atoms with Gasteiger partial charge in [-0.1, -0.05) is 47.8 Å². The van der Waals surface area contributed by atoms with E-state index in [1.807, 2.05) is 0 Å². The summed E-state index contributed by atoms with van der Waals surface area (Å²) in [5.74, 6) is 0. The molecule has 0 aliphatic heterocycles. The van der Waals surface area contributed by atoms with Crippen LogP contribution in [0.3, 0.4) is 0 Å². The van der Waals surface area contributed by atoms with E-state index in [2.05, 4.69) is 58.0 Å². The molecule has 1 aliphatic rings. The summed E-state index contributed by atoms with van der Waals surface area (Å²) in [6, 6.07) is 0. The molecule has 0 spiro atoms. The van der Waals surface area contributed by atoms with Crippen LogP contribution in [0, 0.1) is 5.41 Å². The molecule has 0 aromatic rings. The maximum atomic E-state index is 4.13. The van der Waals surface area contributed by atoms with Crippen LogP contribution >= 0.6 is 0 Å². The molecule has 1 rings (SSSR count). The van der Waals surface area contributed by atoms with E-state index in [1.165, 1.54) is 37.2 Å². The molecule has 0 unspecified atom stereocenters. The molecular formula is C18H32N2. The van der Waals surface area contributed by atoms with Gasteiger partial charge in [-0.15, -0.1) is 0 Å². The number of nitrogens with one attached hydrogen (secondary N) is 1. The molecule has 2 heteroatoms. The Kier molecular flexibility index (Phi) is 6.07. The third-order valence-corrected chi connectivity index (χ3v) is 3.91. The first-order valence-corrected chi connectivity index (χ1v) is 7.92. The monoisotopic (exact) mass is 276 g/mol. The van der Waals surface area contributed by atoms with Gasteiger partial charge in [0, 0.05) is 12.2 Å². The maximum Gasteiger partial charge on any atom is 0.0457 e. The number of nitrogens with zero attached hydrogens (tertiary/aromatic N) is 1. The minimum absolute atomic E-state index is 0.151. The van der Waals surface area contributed by atoms with Crippen molar-refractivity contribution in [1.29, 1.82) is 0 Å². The Morgan fingerprint density at radius 3 is 2.20 bits per heavy atom. The molecule has 0 amide bonds. The Bertz CT molecular complexity index is 396. The van der Waals surface area contributed by atoms with Gasteiger partial charge in [-0.2, -0.15) is 0 Å². The Hall–Kier alpha value is -1.02. The molecule has 0 aromatic heterocycles. The average molecular weight is 276 g/mol. The lowest BCUT2D eigenvalue weighted by atomic mass is 9.70. The molecule has 0 saturated carbocycles. The zero-order chi connectivity index (χ0) is 15.3. The van der Waals surface area contributed by atoms with E-state index >= 15 is 0 Å². The van der Waals surface area contributed by atoms with Crippen LogP contribution in [-0.2, 0) is 0 Å². The van der Waals surface area contributed by atoms with Crippen molar-refractivity contribution in [1.82, 2.24) is 10.2 Å². The molecule has 0 saturated heterocycles. The Morgan fingerprint density at radius 1 is 1.05 bits per heavy atom. The normalized spacial score (nSPS) is 15.9. The van der Waals surface area contributed by atoms with Gasteiger partial charge in [0.25, 0.3) is 0 Å². The minimum Gasteiger partial charge on any atom is -0.384 e. The molecule has 0 heterocycles. The third kappa shape index (κ3) is 3.99. The van der Waals surface area contributed by atoms with Crippen molar-refractivity contribution in [2.75, 3.05) is 26.2 Å². The Morgan fingerprint density at radius 2 is 1.70 bits per heavy atom. The molecule has 114 valence electrons. The van der Waals surface area contributed by atoms with E-state index < -0.39 is 0 Å². The summed E-state index contributed by atoms with van der Waals surface area (Å²) in [7, 11) is 0. The van der Waals surface area contributed by atoms with E-state index in [1.54, 1.807) is 0 Å². The van der Waals surface area contributed by atoms with Gasteiger partial charge < -0.3 is 10.2 Å². The lowest BCUT2D eigenvalue weighted by Crippen LogP contribution is -2.33. The van der Waals surface area contributed by atoms with Crippen molar-refractivity contribution in [3.8, 4) is 0 Å². The highest BCUT2D eigenvalue weighted by Gasteiger charge is 2.33. The van der Waals surface area contributed by atoms with Gasteiger partial charge in [-0.25, -0.2) is 0 Å². The van der Waals surface area contributed by atoms with Crippen LogP contribution in [0.15, 0.2) is 35.6 Å². The van der Waals surface area contributed by atoms with Crippen molar-refractivity contribution in [2.24, 2.45) is 5.41 Å². The molecule has 2 nitrogen and oxygen atoms in total. The number of hydrogen-bond acceptors (Lipinski definition) is 2. The molecule has 0 bridgehead atoms. The van der Waals surface area contributed by atoms with Gasteiger partial charge in [-0.3, -0.25) is 0 Å². The minimum atomic E-state index is 0.151. The van der Waals surface area contributed by atoms with Gasteiger partial charge in [-0.05, 0) is 54.6 Å². The third-order valence-electron chi connectivity index (χ3n) is 3.91. The predicted molar refractivity (Wildman–Crippen MR) is 89.8 cm³/mol. The summed E-state index contributed by atoms with van der Waals surface area (Å²) < 4.78 is 0. The standard InChI is InChI=1S/C18H32N2/c1-8-12-20(9-2)13-10-11-19-17-15(4)14(3)16(17)18(5,6)7/h19H,3-4,8-13H2,1-2,5-7H3. The molecule has 0 aromatic carbocycles. The van der Waals surface area contributed by atoms with Crippen molar-refractivity contribution in [3.05, 3.63) is 35.6 Å². The van der Waals surface area contributed by atoms with Crippen LogP contribution in [0.25, 0.3) is 0 Å². The van der Waals surface area contributed by atoms with E-state index in [9.17, 15) is 0 Å². The van der Waals surface area contributed by atoms with Gasteiger partial charge in [0.15, 0.2) is 0 Å². The van der Waals surface area contributed by atoms with Gasteiger partial charge in [0.05, 0.1) is 0 Å². The summed E-state index contributed by atoms with van der Waals surface area (Å²) >= 11 is 0. The molecule has 0 radical (unpaired) electrons. The van der Waals surface area contributed by atoms with Crippen LogP contribution in [0.4, 0.5) is 0 Å². The fraction of sp³-hybridized carbons (Fsp3) is 0.667. The van der Waals surface area contributed by atoms with Crippen molar-refractivity contribution in [3.63, 3.8) is 0 Å². The van der Waals surface area contributed by atoms with Crippen LogP contribution in [0.5, 0.6) is 0 Å². The zero-order valence-corrected chi connectivity index (χ0v) is 14.1. The lowest BCUT2D eigenvalue weighted by molar-refractivity contribution is 0.284. The average Bonchev–Trinajstić information content (AvgIpc) is 2.38. The van der Waals surface area contributed by atoms with E-state index in [0.29, 0.717) is 0 Å². The summed E-state index contributed by atoms with van der Waals surface area (Å²) in [5.41, 5.74) is 4.96. The second-order valence-electron chi connectivity index (χ2n) is 6.67. The summed E-state index contributed by atoms with van der Waals surface area (Å²) in [4.78, 5) is 2.51. The van der Waals surface area contributed by atoms with Crippen LogP contribution in [-0.4, -0.2) is 31.1 Å². The fourth-order valence-corrected chi connectivity index (χ4v) is 2.82. The van der Waals surface area contributed by atoms with Crippen LogP contribution in [0.1, 0.15) is 47.5 Å². The molecule has 1 aliphatic carbocycles. The first kappa shape index (κ1) is 17.0. The van der Waals surface area contributed by atoms with Gasteiger partial charge >= 0.3 is 0 Å². The summed E-state index contributed by atoms with van der Waals surface area (Å²) in [6.45, 7) is 24.0. The lowest BCUT2D eigenvalue weighted by Gasteiger charge is -2.38. The SMILES string of the molecule is C=C1C(=C)C(C(C)(C)C)=C1NCCCN(CC)CCC.